The van der Waals surface area contributed by atoms with Crippen LogP contribution in [-0.4, -0.2) is 15.3 Å². The maximum Gasteiger partial charge on any atom is 0.195 e. The van der Waals surface area contributed by atoms with Crippen LogP contribution in [0.5, 0.6) is 0 Å². The lowest BCUT2D eigenvalue weighted by Crippen LogP contribution is -2.08. The number of ketones is 1. The van der Waals surface area contributed by atoms with Crippen molar-refractivity contribution in [2.75, 3.05) is 0 Å². The number of carbonyl (C=O) groups excluding carboxylic acids is 1. The number of fused-ring (bicyclic) bond motifs is 1. The van der Waals surface area contributed by atoms with Crippen LogP contribution >= 0.6 is 0 Å². The minimum atomic E-state index is -0.268. The molecule has 0 aliphatic rings. The molecular formula is C16H13FN2O. The molecule has 4 heteroatoms. The van der Waals surface area contributed by atoms with Crippen LogP contribution in [0, 0.1) is 5.82 Å². The van der Waals surface area contributed by atoms with Gasteiger partial charge in [0.2, 0.25) is 0 Å². The molecule has 0 radical (unpaired) electrons. The molecule has 0 saturated heterocycles. The molecule has 0 fully saturated rings. The second-order valence-corrected chi connectivity index (χ2v) is 4.69. The summed E-state index contributed by atoms with van der Waals surface area (Å²) in [6, 6.07) is 13.9. The highest BCUT2D eigenvalue weighted by atomic mass is 19.1. The summed E-state index contributed by atoms with van der Waals surface area (Å²) in [5.74, 6) is 0.0786. The molecule has 3 aromatic rings. The van der Waals surface area contributed by atoms with Gasteiger partial charge in [0.05, 0.1) is 11.0 Å². The Hall–Kier alpha value is -2.49. The smallest absolute Gasteiger partial charge is 0.195 e. The Balaban J connectivity index is 2.11. The van der Waals surface area contributed by atoms with Crippen LogP contribution in [0.2, 0.25) is 0 Å². The standard InChI is InChI=1S/C16H13FN2O/c1-11(20)16-18-14-4-2-3-5-15(14)19(16)10-12-6-8-13(17)9-7-12/h2-9H,10H2,1H3. The highest BCUT2D eigenvalue weighted by molar-refractivity contribution is 5.94. The summed E-state index contributed by atoms with van der Waals surface area (Å²) in [5.41, 5.74) is 2.62. The maximum atomic E-state index is 13.0. The minimum absolute atomic E-state index is 0.0803. The first kappa shape index (κ1) is 12.5. The highest BCUT2D eigenvalue weighted by Crippen LogP contribution is 2.18. The van der Waals surface area contributed by atoms with E-state index in [2.05, 4.69) is 4.98 Å². The van der Waals surface area contributed by atoms with Crippen LogP contribution in [0.25, 0.3) is 11.0 Å². The Labute approximate surface area is 115 Å². The van der Waals surface area contributed by atoms with Crippen LogP contribution in [0.3, 0.4) is 0 Å². The van der Waals surface area contributed by atoms with Gasteiger partial charge in [-0.25, -0.2) is 9.37 Å². The van der Waals surface area contributed by atoms with Gasteiger partial charge in [-0.1, -0.05) is 24.3 Å². The zero-order chi connectivity index (χ0) is 14.1. The summed E-state index contributed by atoms with van der Waals surface area (Å²) in [7, 11) is 0. The summed E-state index contributed by atoms with van der Waals surface area (Å²) >= 11 is 0. The normalized spacial score (nSPS) is 10.9. The summed E-state index contributed by atoms with van der Waals surface area (Å²) in [6.07, 6.45) is 0. The predicted molar refractivity (Wildman–Crippen MR) is 75.2 cm³/mol. The molecule has 1 heterocycles. The molecular weight excluding hydrogens is 255 g/mol. The van der Waals surface area contributed by atoms with E-state index in [0.29, 0.717) is 12.4 Å². The fourth-order valence-electron chi connectivity index (χ4n) is 2.28. The van der Waals surface area contributed by atoms with Crippen molar-refractivity contribution in [3.8, 4) is 0 Å². The summed E-state index contributed by atoms with van der Waals surface area (Å²) in [6.45, 7) is 2.00. The SMILES string of the molecule is CC(=O)c1nc2ccccc2n1Cc1ccc(F)cc1. The molecule has 2 aromatic carbocycles. The largest absolute Gasteiger partial charge is 0.317 e. The molecule has 3 nitrogen and oxygen atoms in total. The average molecular weight is 268 g/mol. The fourth-order valence-corrected chi connectivity index (χ4v) is 2.28. The average Bonchev–Trinajstić information content (AvgIpc) is 2.81. The number of carbonyl (C=O) groups is 1. The number of benzene rings is 2. The van der Waals surface area contributed by atoms with Crippen molar-refractivity contribution in [3.05, 3.63) is 65.7 Å². The maximum absolute atomic E-state index is 13.0. The van der Waals surface area contributed by atoms with E-state index in [1.807, 2.05) is 28.8 Å². The van der Waals surface area contributed by atoms with E-state index in [-0.39, 0.29) is 11.6 Å². The van der Waals surface area contributed by atoms with Gasteiger partial charge in [0.25, 0.3) is 0 Å². The fraction of sp³-hybridized carbons (Fsp3) is 0.125. The molecule has 0 aliphatic heterocycles. The number of rotatable bonds is 3. The van der Waals surface area contributed by atoms with Gasteiger partial charge in [0.1, 0.15) is 5.82 Å². The lowest BCUT2D eigenvalue weighted by molar-refractivity contribution is 0.100. The lowest BCUT2D eigenvalue weighted by atomic mass is 10.2. The van der Waals surface area contributed by atoms with Gasteiger partial charge in [0, 0.05) is 13.5 Å². The second kappa shape index (κ2) is 4.89. The Bertz CT molecular complexity index is 775. The van der Waals surface area contributed by atoms with Gasteiger partial charge in [-0.15, -0.1) is 0 Å². The molecule has 0 amide bonds. The second-order valence-electron chi connectivity index (χ2n) is 4.69. The van der Waals surface area contributed by atoms with Gasteiger partial charge >= 0.3 is 0 Å². The summed E-state index contributed by atoms with van der Waals surface area (Å²) in [5, 5.41) is 0. The first-order chi connectivity index (χ1) is 9.65. The molecule has 0 unspecified atom stereocenters. The van der Waals surface area contributed by atoms with E-state index in [0.717, 1.165) is 16.6 Å². The van der Waals surface area contributed by atoms with E-state index in [4.69, 9.17) is 0 Å². The lowest BCUT2D eigenvalue weighted by Gasteiger charge is -2.07. The van der Waals surface area contributed by atoms with Crippen molar-refractivity contribution >= 4 is 16.8 Å². The van der Waals surface area contributed by atoms with E-state index < -0.39 is 0 Å². The number of para-hydroxylation sites is 2. The molecule has 3 rings (SSSR count). The van der Waals surface area contributed by atoms with Gasteiger partial charge < -0.3 is 4.57 Å². The number of hydrogen-bond acceptors (Lipinski definition) is 2. The third-order valence-electron chi connectivity index (χ3n) is 3.22. The third-order valence-corrected chi connectivity index (χ3v) is 3.22. The number of halogens is 1. The van der Waals surface area contributed by atoms with E-state index in [9.17, 15) is 9.18 Å². The van der Waals surface area contributed by atoms with E-state index >= 15 is 0 Å². The summed E-state index contributed by atoms with van der Waals surface area (Å²) < 4.78 is 14.8. The van der Waals surface area contributed by atoms with Crippen LogP contribution in [0.4, 0.5) is 4.39 Å². The zero-order valence-corrected chi connectivity index (χ0v) is 11.0. The van der Waals surface area contributed by atoms with Crippen molar-refractivity contribution in [1.82, 2.24) is 9.55 Å². The molecule has 0 saturated carbocycles. The molecule has 100 valence electrons. The Morgan fingerprint density at radius 2 is 1.85 bits per heavy atom. The van der Waals surface area contributed by atoms with Gasteiger partial charge in [-0.3, -0.25) is 4.79 Å². The van der Waals surface area contributed by atoms with Gasteiger partial charge in [-0.2, -0.15) is 0 Å². The van der Waals surface area contributed by atoms with Crippen LogP contribution < -0.4 is 0 Å². The van der Waals surface area contributed by atoms with E-state index in [1.165, 1.54) is 19.1 Å². The van der Waals surface area contributed by atoms with Crippen molar-refractivity contribution in [2.24, 2.45) is 0 Å². The van der Waals surface area contributed by atoms with Crippen molar-refractivity contribution in [1.29, 1.82) is 0 Å². The van der Waals surface area contributed by atoms with E-state index in [1.54, 1.807) is 12.1 Å². The monoisotopic (exact) mass is 268 g/mol. The number of hydrogen-bond donors (Lipinski definition) is 0. The molecule has 0 N–H and O–H groups in total. The predicted octanol–water partition coefficient (Wildman–Crippen LogP) is 3.43. The minimum Gasteiger partial charge on any atom is -0.317 e. The van der Waals surface area contributed by atoms with Crippen LogP contribution in [-0.2, 0) is 6.54 Å². The number of Topliss-reactive ketones (excluding diaryl/α,β-unsaturated/α-hetero) is 1. The molecule has 1 aromatic heterocycles. The summed E-state index contributed by atoms with van der Waals surface area (Å²) in [4.78, 5) is 16.1. The number of nitrogens with zero attached hydrogens (tertiary/aromatic N) is 2. The van der Waals surface area contributed by atoms with Gasteiger partial charge in [0.15, 0.2) is 11.6 Å². The molecule has 0 bridgehead atoms. The zero-order valence-electron chi connectivity index (χ0n) is 11.0. The first-order valence-corrected chi connectivity index (χ1v) is 6.36. The van der Waals surface area contributed by atoms with Crippen molar-refractivity contribution < 1.29 is 9.18 Å². The van der Waals surface area contributed by atoms with Crippen molar-refractivity contribution in [3.63, 3.8) is 0 Å². The highest BCUT2D eigenvalue weighted by Gasteiger charge is 2.14. The Morgan fingerprint density at radius 3 is 2.55 bits per heavy atom. The van der Waals surface area contributed by atoms with Gasteiger partial charge in [-0.05, 0) is 29.8 Å². The van der Waals surface area contributed by atoms with Crippen LogP contribution in [0.1, 0.15) is 23.1 Å². The Morgan fingerprint density at radius 1 is 1.15 bits per heavy atom. The van der Waals surface area contributed by atoms with Crippen molar-refractivity contribution in [2.45, 2.75) is 13.5 Å². The first-order valence-electron chi connectivity index (χ1n) is 6.36. The number of imidazole rings is 1. The Kier molecular flexibility index (Phi) is 3.06. The van der Waals surface area contributed by atoms with Crippen LogP contribution in [0.15, 0.2) is 48.5 Å². The number of aromatic nitrogens is 2. The quantitative estimate of drug-likeness (QED) is 0.682. The molecule has 0 spiro atoms. The third kappa shape index (κ3) is 2.20. The molecule has 0 aliphatic carbocycles. The topological polar surface area (TPSA) is 34.9 Å². The molecule has 0 atom stereocenters. The molecule has 20 heavy (non-hydrogen) atoms.